The summed E-state index contributed by atoms with van der Waals surface area (Å²) in [6.45, 7) is 12.5. The standard InChI is InChI=1S/C23H40N2O4S/c1-7-8-11-20(21(26)16-30-15-19-10-9-12-28-19)24-14-18(13-17(2)3)25-22(27)29-23(4,5)6/h9-10,12,17-18,20,24H,7-8,11,13-16H2,1-6H3,(H,25,27). The number of hydrogen-bond acceptors (Lipinski definition) is 6. The van der Waals surface area contributed by atoms with E-state index in [4.69, 9.17) is 9.15 Å². The topological polar surface area (TPSA) is 80.6 Å². The lowest BCUT2D eigenvalue weighted by molar-refractivity contribution is -0.118. The van der Waals surface area contributed by atoms with Crippen molar-refractivity contribution in [3.8, 4) is 0 Å². The van der Waals surface area contributed by atoms with Crippen molar-refractivity contribution in [3.63, 3.8) is 0 Å². The summed E-state index contributed by atoms with van der Waals surface area (Å²) in [5.74, 6) is 2.62. The van der Waals surface area contributed by atoms with Gasteiger partial charge in [-0.15, -0.1) is 11.8 Å². The molecule has 0 radical (unpaired) electrons. The third kappa shape index (κ3) is 12.3. The number of hydrogen-bond donors (Lipinski definition) is 2. The van der Waals surface area contributed by atoms with E-state index < -0.39 is 11.7 Å². The number of alkyl carbamates (subject to hydrolysis) is 1. The fourth-order valence-electron chi connectivity index (χ4n) is 3.05. The molecule has 1 aromatic rings. The molecule has 1 amide bonds. The van der Waals surface area contributed by atoms with Gasteiger partial charge in [-0.05, 0) is 51.7 Å². The Kier molecular flexibility index (Phi) is 12.2. The molecule has 0 bridgehead atoms. The minimum Gasteiger partial charge on any atom is -0.468 e. The quantitative estimate of drug-likeness (QED) is 0.415. The lowest BCUT2D eigenvalue weighted by Crippen LogP contribution is -2.49. The Balaban J connectivity index is 2.60. The lowest BCUT2D eigenvalue weighted by Gasteiger charge is -2.26. The average molecular weight is 441 g/mol. The Morgan fingerprint density at radius 1 is 1.27 bits per heavy atom. The average Bonchev–Trinajstić information content (AvgIpc) is 3.12. The minimum atomic E-state index is -0.537. The molecule has 1 rings (SSSR count). The number of unbranched alkanes of at least 4 members (excludes halogenated alkanes) is 1. The van der Waals surface area contributed by atoms with Crippen molar-refractivity contribution >= 4 is 23.6 Å². The van der Waals surface area contributed by atoms with Crippen molar-refractivity contribution < 1.29 is 18.7 Å². The summed E-state index contributed by atoms with van der Waals surface area (Å²) in [4.78, 5) is 25.0. The Morgan fingerprint density at radius 2 is 2.00 bits per heavy atom. The van der Waals surface area contributed by atoms with Crippen molar-refractivity contribution in [1.29, 1.82) is 0 Å². The van der Waals surface area contributed by atoms with Gasteiger partial charge in [0.25, 0.3) is 0 Å². The summed E-state index contributed by atoms with van der Waals surface area (Å²) < 4.78 is 10.7. The van der Waals surface area contributed by atoms with Gasteiger partial charge >= 0.3 is 6.09 Å². The summed E-state index contributed by atoms with van der Waals surface area (Å²) in [6, 6.07) is 3.48. The van der Waals surface area contributed by atoms with Gasteiger partial charge in [0.1, 0.15) is 11.4 Å². The second kappa shape index (κ2) is 13.8. The van der Waals surface area contributed by atoms with Crippen molar-refractivity contribution in [2.45, 2.75) is 90.7 Å². The third-order valence-electron chi connectivity index (χ3n) is 4.39. The molecule has 1 aromatic heterocycles. The second-order valence-corrected chi connectivity index (χ2v) is 10.1. The van der Waals surface area contributed by atoms with Gasteiger partial charge in [-0.2, -0.15) is 0 Å². The Labute approximate surface area is 186 Å². The number of ketones is 1. The van der Waals surface area contributed by atoms with E-state index in [1.165, 1.54) is 0 Å². The fourth-order valence-corrected chi connectivity index (χ4v) is 3.92. The second-order valence-electron chi connectivity index (χ2n) is 9.11. The van der Waals surface area contributed by atoms with Crippen LogP contribution in [0.5, 0.6) is 0 Å². The highest BCUT2D eigenvalue weighted by atomic mass is 32.2. The van der Waals surface area contributed by atoms with Crippen molar-refractivity contribution in [2.24, 2.45) is 5.92 Å². The molecule has 0 saturated heterocycles. The predicted octanol–water partition coefficient (Wildman–Crippen LogP) is 5.17. The maximum Gasteiger partial charge on any atom is 0.407 e. The number of carbonyl (C=O) groups excluding carboxylic acids is 2. The molecule has 172 valence electrons. The number of carbonyl (C=O) groups is 2. The lowest BCUT2D eigenvalue weighted by atomic mass is 10.0. The van der Waals surface area contributed by atoms with Crippen LogP contribution < -0.4 is 10.6 Å². The maximum atomic E-state index is 12.8. The summed E-state index contributed by atoms with van der Waals surface area (Å²) in [7, 11) is 0. The normalized spacial score (nSPS) is 13.8. The highest BCUT2D eigenvalue weighted by molar-refractivity contribution is 7.99. The van der Waals surface area contributed by atoms with Gasteiger partial charge in [0.15, 0.2) is 5.78 Å². The van der Waals surface area contributed by atoms with Gasteiger partial charge in [-0.25, -0.2) is 4.79 Å². The number of amides is 1. The monoisotopic (exact) mass is 440 g/mol. The number of furan rings is 1. The molecule has 6 nitrogen and oxygen atoms in total. The first-order valence-electron chi connectivity index (χ1n) is 11.0. The molecule has 0 spiro atoms. The molecule has 1 heterocycles. The maximum absolute atomic E-state index is 12.8. The van der Waals surface area contributed by atoms with Crippen LogP contribution in [0, 0.1) is 5.92 Å². The van der Waals surface area contributed by atoms with Crippen molar-refractivity contribution in [1.82, 2.24) is 10.6 Å². The van der Waals surface area contributed by atoms with Crippen LogP contribution in [0.3, 0.4) is 0 Å². The molecular weight excluding hydrogens is 400 g/mol. The highest BCUT2D eigenvalue weighted by Gasteiger charge is 2.23. The van der Waals surface area contributed by atoms with Crippen LogP contribution in [0.25, 0.3) is 0 Å². The van der Waals surface area contributed by atoms with E-state index in [2.05, 4.69) is 31.4 Å². The largest absolute Gasteiger partial charge is 0.468 e. The number of thioether (sulfide) groups is 1. The van der Waals surface area contributed by atoms with E-state index >= 15 is 0 Å². The predicted molar refractivity (Wildman–Crippen MR) is 124 cm³/mol. The molecule has 30 heavy (non-hydrogen) atoms. The molecule has 0 aromatic carbocycles. The molecule has 0 fully saturated rings. The van der Waals surface area contributed by atoms with Gasteiger partial charge < -0.3 is 19.8 Å². The smallest absolute Gasteiger partial charge is 0.407 e. The molecule has 2 N–H and O–H groups in total. The summed E-state index contributed by atoms with van der Waals surface area (Å²) in [5.41, 5.74) is -0.537. The van der Waals surface area contributed by atoms with Crippen LogP contribution >= 0.6 is 11.8 Å². The van der Waals surface area contributed by atoms with E-state index in [9.17, 15) is 9.59 Å². The molecule has 0 aliphatic carbocycles. The highest BCUT2D eigenvalue weighted by Crippen LogP contribution is 2.15. The molecular formula is C23H40N2O4S. The molecule has 7 heteroatoms. The van der Waals surface area contributed by atoms with Gasteiger partial charge in [-0.3, -0.25) is 4.79 Å². The van der Waals surface area contributed by atoms with Gasteiger partial charge in [0.2, 0.25) is 0 Å². The van der Waals surface area contributed by atoms with E-state index in [-0.39, 0.29) is 17.9 Å². The number of Topliss-reactive ketones (excluding diaryl/α,β-unsaturated/α-hetero) is 1. The van der Waals surface area contributed by atoms with Crippen LogP contribution in [0.4, 0.5) is 4.79 Å². The number of ether oxygens (including phenoxy) is 1. The summed E-state index contributed by atoms with van der Waals surface area (Å²) in [5, 5.41) is 6.38. The first-order valence-corrected chi connectivity index (χ1v) is 12.1. The first-order chi connectivity index (χ1) is 14.1. The van der Waals surface area contributed by atoms with E-state index in [1.54, 1.807) is 18.0 Å². The Hall–Kier alpha value is -1.47. The number of nitrogens with one attached hydrogen (secondary N) is 2. The third-order valence-corrected chi connectivity index (χ3v) is 5.37. The zero-order valence-corrected chi connectivity index (χ0v) is 20.3. The molecule has 0 saturated carbocycles. The minimum absolute atomic E-state index is 0.0902. The van der Waals surface area contributed by atoms with Gasteiger partial charge in [0.05, 0.1) is 23.8 Å². The molecule has 0 aliphatic rings. The SMILES string of the molecule is CCCCC(NCC(CC(C)C)NC(=O)OC(C)(C)C)C(=O)CSCc1ccco1. The van der Waals surface area contributed by atoms with Gasteiger partial charge in [0, 0.05) is 12.6 Å². The summed E-state index contributed by atoms with van der Waals surface area (Å²) in [6.07, 6.45) is 4.87. The van der Waals surface area contributed by atoms with Crippen LogP contribution in [-0.2, 0) is 15.3 Å². The zero-order valence-electron chi connectivity index (χ0n) is 19.5. The molecule has 2 atom stereocenters. The Bertz CT molecular complexity index is 611. The van der Waals surface area contributed by atoms with E-state index in [1.807, 2.05) is 32.9 Å². The molecule has 2 unspecified atom stereocenters. The van der Waals surface area contributed by atoms with Crippen molar-refractivity contribution in [2.75, 3.05) is 12.3 Å². The van der Waals surface area contributed by atoms with E-state index in [0.717, 1.165) is 31.4 Å². The van der Waals surface area contributed by atoms with Crippen molar-refractivity contribution in [3.05, 3.63) is 24.2 Å². The van der Waals surface area contributed by atoms with Crippen LogP contribution in [-0.4, -0.2) is 41.9 Å². The zero-order chi connectivity index (χ0) is 22.6. The van der Waals surface area contributed by atoms with Crippen LogP contribution in [0.15, 0.2) is 22.8 Å². The van der Waals surface area contributed by atoms with E-state index in [0.29, 0.717) is 24.0 Å². The van der Waals surface area contributed by atoms with Crippen LogP contribution in [0.2, 0.25) is 0 Å². The van der Waals surface area contributed by atoms with Crippen LogP contribution in [0.1, 0.15) is 73.0 Å². The molecule has 0 aliphatic heterocycles. The van der Waals surface area contributed by atoms with Gasteiger partial charge in [-0.1, -0.05) is 33.6 Å². The first kappa shape index (κ1) is 26.6. The number of rotatable bonds is 14. The summed E-state index contributed by atoms with van der Waals surface area (Å²) >= 11 is 1.57. The fraction of sp³-hybridized carbons (Fsp3) is 0.739. The Morgan fingerprint density at radius 3 is 2.57 bits per heavy atom.